The molecule has 1 unspecified atom stereocenters. The van der Waals surface area contributed by atoms with Crippen LogP contribution in [0.4, 0.5) is 4.39 Å². The summed E-state index contributed by atoms with van der Waals surface area (Å²) in [4.78, 5) is 0. The van der Waals surface area contributed by atoms with Crippen molar-refractivity contribution in [3.63, 3.8) is 0 Å². The zero-order chi connectivity index (χ0) is 4.99. The van der Waals surface area contributed by atoms with E-state index in [1.165, 1.54) is 0 Å². The van der Waals surface area contributed by atoms with Gasteiger partial charge < -0.3 is 0 Å². The van der Waals surface area contributed by atoms with E-state index in [9.17, 15) is 4.39 Å². The molecule has 0 aromatic rings. The zero-order valence-electron chi connectivity index (χ0n) is 3.13. The molecule has 1 atom stereocenters. The molecule has 38 valence electrons. The average molecular weight is 131 g/mol. The van der Waals surface area contributed by atoms with E-state index in [0.717, 1.165) is 0 Å². The Morgan fingerprint density at radius 1 is 1.67 bits per heavy atom. The van der Waals surface area contributed by atoms with Crippen molar-refractivity contribution < 1.29 is 4.39 Å². The number of halogens is 3. The van der Waals surface area contributed by atoms with Gasteiger partial charge in [-0.2, -0.15) is 0 Å². The number of hydrogen-bond acceptors (Lipinski definition) is 0. The molecule has 0 aromatic heterocycles. The molecule has 0 rings (SSSR count). The second-order valence-corrected chi connectivity index (χ2v) is 1.72. The average Bonchev–Trinajstić information content (AvgIpc) is 1.35. The van der Waals surface area contributed by atoms with Crippen LogP contribution in [0.3, 0.4) is 0 Å². The van der Waals surface area contributed by atoms with Gasteiger partial charge in [0.25, 0.3) is 0 Å². The largest absolute Gasteiger partial charge is 0.230 e. The lowest BCUT2D eigenvalue weighted by Crippen LogP contribution is -1.86. The van der Waals surface area contributed by atoms with Crippen molar-refractivity contribution in [3.05, 3.63) is 0 Å². The Hall–Kier alpha value is 0.510. The van der Waals surface area contributed by atoms with Crippen LogP contribution in [-0.4, -0.2) is 11.5 Å². The molecular weight excluding hydrogens is 126 g/mol. The third-order valence-corrected chi connectivity index (χ3v) is 0.764. The zero-order valence-corrected chi connectivity index (χ0v) is 4.64. The molecule has 0 saturated carbocycles. The first-order chi connectivity index (χ1) is 2.77. The molecule has 0 aliphatic carbocycles. The van der Waals surface area contributed by atoms with Gasteiger partial charge in [0.2, 0.25) is 0 Å². The van der Waals surface area contributed by atoms with Crippen LogP contribution in [0.5, 0.6) is 0 Å². The molecule has 0 saturated heterocycles. The van der Waals surface area contributed by atoms with E-state index in [1.807, 2.05) is 0 Å². The summed E-state index contributed by atoms with van der Waals surface area (Å²) >= 11 is 9.90. The van der Waals surface area contributed by atoms with Gasteiger partial charge in [-0.15, -0.1) is 11.6 Å². The lowest BCUT2D eigenvalue weighted by Gasteiger charge is -1.88. The van der Waals surface area contributed by atoms with E-state index in [1.54, 1.807) is 0 Å². The van der Waals surface area contributed by atoms with Gasteiger partial charge in [0.15, 0.2) is 5.63 Å². The minimum Gasteiger partial charge on any atom is -0.230 e. The molecule has 0 fully saturated rings. The Morgan fingerprint density at radius 2 is 2.17 bits per heavy atom. The third-order valence-electron chi connectivity index (χ3n) is 0.327. The maximum Gasteiger partial charge on any atom is 0.174 e. The SMILES string of the molecule is FC(Cl)CCCl. The maximum absolute atomic E-state index is 11.4. The summed E-state index contributed by atoms with van der Waals surface area (Å²) in [6.45, 7) is 0. The van der Waals surface area contributed by atoms with Gasteiger partial charge in [0.1, 0.15) is 0 Å². The summed E-state index contributed by atoms with van der Waals surface area (Å²) in [5, 5.41) is 0. The van der Waals surface area contributed by atoms with Crippen molar-refractivity contribution >= 4 is 23.2 Å². The highest BCUT2D eigenvalue weighted by molar-refractivity contribution is 6.21. The molecule has 0 aromatic carbocycles. The van der Waals surface area contributed by atoms with Crippen molar-refractivity contribution in [1.29, 1.82) is 0 Å². The van der Waals surface area contributed by atoms with Crippen molar-refractivity contribution in [2.45, 2.75) is 12.1 Å². The first-order valence-electron chi connectivity index (χ1n) is 1.61. The first-order valence-corrected chi connectivity index (χ1v) is 2.58. The van der Waals surface area contributed by atoms with Crippen LogP contribution < -0.4 is 0 Å². The normalized spacial score (nSPS) is 14.5. The highest BCUT2D eigenvalue weighted by Gasteiger charge is 1.94. The lowest BCUT2D eigenvalue weighted by atomic mass is 10.5. The Labute approximate surface area is 46.2 Å². The summed E-state index contributed by atoms with van der Waals surface area (Å²) < 4.78 is 11.4. The van der Waals surface area contributed by atoms with Crippen molar-refractivity contribution in [2.75, 3.05) is 5.88 Å². The molecule has 0 radical (unpaired) electrons. The highest BCUT2D eigenvalue weighted by Crippen LogP contribution is 2.02. The van der Waals surface area contributed by atoms with E-state index in [0.29, 0.717) is 5.88 Å². The standard InChI is InChI=1S/C3H5Cl2F/c4-2-1-3(5)6/h3H,1-2H2. The van der Waals surface area contributed by atoms with E-state index < -0.39 is 5.63 Å². The Morgan fingerprint density at radius 3 is 2.17 bits per heavy atom. The predicted octanol–water partition coefficient (Wildman–Crippen LogP) is 2.15. The van der Waals surface area contributed by atoms with Gasteiger partial charge in [-0.25, -0.2) is 4.39 Å². The van der Waals surface area contributed by atoms with Crippen LogP contribution in [0.1, 0.15) is 6.42 Å². The lowest BCUT2D eigenvalue weighted by molar-refractivity contribution is 0.436. The summed E-state index contributed by atoms with van der Waals surface area (Å²) in [7, 11) is 0. The smallest absolute Gasteiger partial charge is 0.174 e. The minimum atomic E-state index is -1.26. The van der Waals surface area contributed by atoms with E-state index in [2.05, 4.69) is 0 Å². The molecule has 0 bridgehead atoms. The number of hydrogen-bond donors (Lipinski definition) is 0. The van der Waals surface area contributed by atoms with Gasteiger partial charge in [-0.05, 0) is 0 Å². The van der Waals surface area contributed by atoms with Gasteiger partial charge in [-0.1, -0.05) is 11.6 Å². The molecule has 0 amide bonds. The number of rotatable bonds is 2. The van der Waals surface area contributed by atoms with Gasteiger partial charge in [0, 0.05) is 12.3 Å². The van der Waals surface area contributed by atoms with Gasteiger partial charge in [0.05, 0.1) is 0 Å². The molecule has 0 heterocycles. The molecule has 0 aliphatic heterocycles. The fourth-order valence-corrected chi connectivity index (χ4v) is 0.495. The summed E-state index contributed by atoms with van der Waals surface area (Å²) in [6.07, 6.45) is 0.239. The molecular formula is C3H5Cl2F. The Bertz CT molecular complexity index is 30.0. The van der Waals surface area contributed by atoms with Crippen molar-refractivity contribution in [1.82, 2.24) is 0 Å². The van der Waals surface area contributed by atoms with E-state index in [-0.39, 0.29) is 6.42 Å². The molecule has 0 spiro atoms. The van der Waals surface area contributed by atoms with Crippen LogP contribution >= 0.6 is 23.2 Å². The fourth-order valence-electron chi connectivity index (χ4n) is 0.0825. The molecule has 0 N–H and O–H groups in total. The highest BCUT2D eigenvalue weighted by atomic mass is 35.5. The van der Waals surface area contributed by atoms with Crippen molar-refractivity contribution in [2.24, 2.45) is 0 Å². The fraction of sp³-hybridized carbons (Fsp3) is 1.00. The summed E-state index contributed by atoms with van der Waals surface area (Å²) in [5.41, 5.74) is -1.26. The minimum absolute atomic E-state index is 0.239. The van der Waals surface area contributed by atoms with Crippen LogP contribution in [0.15, 0.2) is 0 Å². The first kappa shape index (κ1) is 6.51. The van der Waals surface area contributed by atoms with Crippen LogP contribution in [0.2, 0.25) is 0 Å². The molecule has 0 nitrogen and oxygen atoms in total. The summed E-state index contributed by atoms with van der Waals surface area (Å²) in [6, 6.07) is 0. The van der Waals surface area contributed by atoms with Crippen LogP contribution in [0, 0.1) is 0 Å². The third kappa shape index (κ3) is 4.51. The van der Waals surface area contributed by atoms with Crippen LogP contribution in [0.25, 0.3) is 0 Å². The maximum atomic E-state index is 11.4. The van der Waals surface area contributed by atoms with Crippen molar-refractivity contribution in [3.8, 4) is 0 Å². The molecule has 6 heavy (non-hydrogen) atoms. The second kappa shape index (κ2) is 3.69. The molecule has 3 heteroatoms. The van der Waals surface area contributed by atoms with E-state index in [4.69, 9.17) is 23.2 Å². The topological polar surface area (TPSA) is 0 Å². The quantitative estimate of drug-likeness (QED) is 0.503. The Kier molecular flexibility index (Phi) is 4.01. The van der Waals surface area contributed by atoms with Gasteiger partial charge in [-0.3, -0.25) is 0 Å². The summed E-state index contributed by atoms with van der Waals surface area (Å²) in [5.74, 6) is 0.296. The Balaban J connectivity index is 2.63. The van der Waals surface area contributed by atoms with Crippen LogP contribution in [-0.2, 0) is 0 Å². The van der Waals surface area contributed by atoms with E-state index >= 15 is 0 Å². The number of alkyl halides is 3. The monoisotopic (exact) mass is 130 g/mol. The van der Waals surface area contributed by atoms with Gasteiger partial charge >= 0.3 is 0 Å². The predicted molar refractivity (Wildman–Crippen MR) is 26.1 cm³/mol. The molecule has 0 aliphatic rings. The second-order valence-electron chi connectivity index (χ2n) is 0.869.